The lowest BCUT2D eigenvalue weighted by Gasteiger charge is -2.24. The van der Waals surface area contributed by atoms with Crippen molar-refractivity contribution in [3.63, 3.8) is 0 Å². The van der Waals surface area contributed by atoms with Crippen LogP contribution in [0.5, 0.6) is 5.75 Å². The van der Waals surface area contributed by atoms with Crippen LogP contribution in [0.25, 0.3) is 0 Å². The van der Waals surface area contributed by atoms with Crippen molar-refractivity contribution in [3.8, 4) is 5.75 Å². The fourth-order valence-electron chi connectivity index (χ4n) is 3.63. The maximum Gasteiger partial charge on any atom is 0.260 e. The molecule has 1 aliphatic carbocycles. The van der Waals surface area contributed by atoms with Crippen LogP contribution in [0.4, 0.5) is 0 Å². The molecule has 1 saturated carbocycles. The van der Waals surface area contributed by atoms with Gasteiger partial charge in [0.25, 0.3) is 5.91 Å². The van der Waals surface area contributed by atoms with Gasteiger partial charge in [-0.2, -0.15) is 0 Å². The Morgan fingerprint density at radius 1 is 0.967 bits per heavy atom. The molecule has 2 atom stereocenters. The third-order valence-electron chi connectivity index (χ3n) is 5.40. The molecule has 1 amide bonds. The molecule has 0 spiro atoms. The summed E-state index contributed by atoms with van der Waals surface area (Å²) in [6, 6.07) is 15.4. The lowest BCUT2D eigenvalue weighted by molar-refractivity contribution is -0.128. The Bertz CT molecular complexity index is 923. The molecule has 3 rings (SSSR count). The smallest absolute Gasteiger partial charge is 0.260 e. The zero-order valence-corrected chi connectivity index (χ0v) is 18.3. The molecule has 0 aliphatic heterocycles. The molecule has 0 radical (unpaired) electrons. The first-order valence-electron chi connectivity index (χ1n) is 10.5. The number of sulfonamides is 1. The Hall–Kier alpha value is -2.38. The predicted octanol–water partition coefficient (Wildman–Crippen LogP) is 3.94. The fourth-order valence-corrected chi connectivity index (χ4v) is 4.86. The zero-order chi connectivity index (χ0) is 21.6. The van der Waals surface area contributed by atoms with E-state index >= 15 is 0 Å². The molecule has 2 aromatic carbocycles. The Labute approximate surface area is 179 Å². The average Bonchev–Trinajstić information content (AvgIpc) is 2.75. The van der Waals surface area contributed by atoms with E-state index in [2.05, 4.69) is 10.0 Å². The topological polar surface area (TPSA) is 84.5 Å². The van der Waals surface area contributed by atoms with E-state index in [1.807, 2.05) is 30.3 Å². The van der Waals surface area contributed by atoms with Crippen LogP contribution in [0.1, 0.15) is 57.6 Å². The van der Waals surface area contributed by atoms with Crippen LogP contribution in [0, 0.1) is 0 Å². The van der Waals surface area contributed by atoms with Crippen molar-refractivity contribution in [2.45, 2.75) is 69.0 Å². The summed E-state index contributed by atoms with van der Waals surface area (Å²) < 4.78 is 33.7. The maximum atomic E-state index is 12.7. The summed E-state index contributed by atoms with van der Waals surface area (Å²) in [5.74, 6) is 0.313. The average molecular weight is 431 g/mol. The first-order chi connectivity index (χ1) is 14.3. The summed E-state index contributed by atoms with van der Waals surface area (Å²) in [6.45, 7) is 3.50. The molecule has 0 aromatic heterocycles. The van der Waals surface area contributed by atoms with Gasteiger partial charge in [-0.25, -0.2) is 13.1 Å². The number of amides is 1. The number of benzene rings is 2. The van der Waals surface area contributed by atoms with E-state index in [0.717, 1.165) is 31.2 Å². The van der Waals surface area contributed by atoms with Crippen LogP contribution in [0.15, 0.2) is 59.5 Å². The number of hydrogen-bond donors (Lipinski definition) is 2. The van der Waals surface area contributed by atoms with Gasteiger partial charge in [-0.05, 0) is 56.5 Å². The van der Waals surface area contributed by atoms with Crippen LogP contribution in [-0.4, -0.2) is 26.5 Å². The van der Waals surface area contributed by atoms with Crippen molar-refractivity contribution in [1.29, 1.82) is 0 Å². The van der Waals surface area contributed by atoms with Crippen molar-refractivity contribution in [2.75, 3.05) is 0 Å². The fraction of sp³-hybridized carbons (Fsp3) is 0.435. The van der Waals surface area contributed by atoms with Gasteiger partial charge in [-0.3, -0.25) is 4.79 Å². The van der Waals surface area contributed by atoms with Crippen LogP contribution >= 0.6 is 0 Å². The minimum atomic E-state index is -3.67. The van der Waals surface area contributed by atoms with Gasteiger partial charge in [-0.1, -0.05) is 49.6 Å². The highest BCUT2D eigenvalue weighted by atomic mass is 32.2. The van der Waals surface area contributed by atoms with E-state index in [-0.39, 0.29) is 22.9 Å². The van der Waals surface area contributed by atoms with Crippen molar-refractivity contribution < 1.29 is 17.9 Å². The third-order valence-corrected chi connectivity index (χ3v) is 6.96. The monoisotopic (exact) mass is 430 g/mol. The second-order valence-electron chi connectivity index (χ2n) is 7.83. The highest BCUT2D eigenvalue weighted by Gasteiger charge is 2.22. The Balaban J connectivity index is 1.57. The summed E-state index contributed by atoms with van der Waals surface area (Å²) >= 11 is 0. The molecular formula is C23H30N2O4S. The second-order valence-corrected chi connectivity index (χ2v) is 9.54. The van der Waals surface area contributed by atoms with Gasteiger partial charge in [-0.15, -0.1) is 0 Å². The van der Waals surface area contributed by atoms with Gasteiger partial charge in [0.2, 0.25) is 10.0 Å². The molecule has 0 unspecified atom stereocenters. The summed E-state index contributed by atoms with van der Waals surface area (Å²) in [5, 5.41) is 3.04. The number of carbonyl (C=O) groups excluding carboxylic acids is 1. The van der Waals surface area contributed by atoms with Gasteiger partial charge in [0.1, 0.15) is 5.75 Å². The van der Waals surface area contributed by atoms with Crippen LogP contribution in [0.3, 0.4) is 0 Å². The molecular weight excluding hydrogens is 400 g/mol. The first-order valence-corrected chi connectivity index (χ1v) is 12.0. The minimum absolute atomic E-state index is 0.142. The molecule has 1 aliphatic rings. The van der Waals surface area contributed by atoms with E-state index in [1.165, 1.54) is 18.6 Å². The maximum absolute atomic E-state index is 12.7. The van der Waals surface area contributed by atoms with Gasteiger partial charge >= 0.3 is 0 Å². The quantitative estimate of drug-likeness (QED) is 0.664. The standard InChI is InChI=1S/C23H30N2O4S/c1-17(19-9-5-3-6-10-19)25-30(27,28)22-15-13-21(14-16-22)29-18(2)23(26)24-20-11-7-4-8-12-20/h3,5-6,9-10,13-18,20,25H,4,7-8,11-12H2,1-2H3,(H,24,26)/t17-,18+/m1/s1. The molecule has 6 nitrogen and oxygen atoms in total. The highest BCUT2D eigenvalue weighted by molar-refractivity contribution is 7.89. The molecule has 0 saturated heterocycles. The van der Waals surface area contributed by atoms with Gasteiger partial charge in [0.05, 0.1) is 4.90 Å². The molecule has 7 heteroatoms. The van der Waals surface area contributed by atoms with Crippen LogP contribution < -0.4 is 14.8 Å². The third kappa shape index (κ3) is 6.06. The van der Waals surface area contributed by atoms with E-state index in [1.54, 1.807) is 26.0 Å². The molecule has 162 valence electrons. The SMILES string of the molecule is C[C@H](Oc1ccc(S(=O)(=O)N[C@H](C)c2ccccc2)cc1)C(=O)NC1CCCCC1. The minimum Gasteiger partial charge on any atom is -0.481 e. The van der Waals surface area contributed by atoms with Crippen molar-refractivity contribution in [3.05, 3.63) is 60.2 Å². The van der Waals surface area contributed by atoms with Crippen LogP contribution in [-0.2, 0) is 14.8 Å². The Kier molecular flexibility index (Phi) is 7.50. The van der Waals surface area contributed by atoms with Gasteiger partial charge in [0.15, 0.2) is 6.10 Å². The second kappa shape index (κ2) is 10.1. The van der Waals surface area contributed by atoms with Crippen molar-refractivity contribution in [1.82, 2.24) is 10.0 Å². The van der Waals surface area contributed by atoms with Gasteiger partial charge < -0.3 is 10.1 Å². The summed E-state index contributed by atoms with van der Waals surface area (Å²) in [5.41, 5.74) is 0.888. The van der Waals surface area contributed by atoms with E-state index in [4.69, 9.17) is 4.74 Å². The van der Waals surface area contributed by atoms with Gasteiger partial charge in [0, 0.05) is 12.1 Å². The Morgan fingerprint density at radius 3 is 2.23 bits per heavy atom. The molecule has 1 fully saturated rings. The number of ether oxygens (including phenoxy) is 1. The number of carbonyl (C=O) groups is 1. The van der Waals surface area contributed by atoms with E-state index in [0.29, 0.717) is 5.75 Å². The zero-order valence-electron chi connectivity index (χ0n) is 17.5. The lowest BCUT2D eigenvalue weighted by Crippen LogP contribution is -2.43. The summed E-state index contributed by atoms with van der Waals surface area (Å²) in [4.78, 5) is 12.5. The van der Waals surface area contributed by atoms with E-state index in [9.17, 15) is 13.2 Å². The number of nitrogens with one attached hydrogen (secondary N) is 2. The molecule has 0 heterocycles. The number of hydrogen-bond acceptors (Lipinski definition) is 4. The predicted molar refractivity (Wildman–Crippen MR) is 117 cm³/mol. The molecule has 2 aromatic rings. The lowest BCUT2D eigenvalue weighted by atomic mass is 9.95. The summed E-state index contributed by atoms with van der Waals surface area (Å²) in [6.07, 6.45) is 4.90. The highest BCUT2D eigenvalue weighted by Crippen LogP contribution is 2.21. The molecule has 2 N–H and O–H groups in total. The van der Waals surface area contributed by atoms with Crippen molar-refractivity contribution in [2.24, 2.45) is 0 Å². The van der Waals surface area contributed by atoms with Crippen molar-refractivity contribution >= 4 is 15.9 Å². The number of rotatable bonds is 8. The Morgan fingerprint density at radius 2 is 1.60 bits per heavy atom. The first kappa shape index (κ1) is 22.3. The largest absolute Gasteiger partial charge is 0.481 e. The summed E-state index contributed by atoms with van der Waals surface area (Å²) in [7, 11) is -3.67. The molecule has 30 heavy (non-hydrogen) atoms. The van der Waals surface area contributed by atoms with Crippen LogP contribution in [0.2, 0.25) is 0 Å². The molecule has 0 bridgehead atoms. The normalized spacial score (nSPS) is 17.1. The van der Waals surface area contributed by atoms with E-state index < -0.39 is 16.1 Å².